The van der Waals surface area contributed by atoms with Crippen LogP contribution in [0.1, 0.15) is 31.2 Å². The van der Waals surface area contributed by atoms with Gasteiger partial charge in [-0.1, -0.05) is 25.0 Å². The number of hydrogen-bond acceptors (Lipinski definition) is 4. The summed E-state index contributed by atoms with van der Waals surface area (Å²) in [5.74, 6) is 1.33. The van der Waals surface area contributed by atoms with Crippen LogP contribution in [0.15, 0.2) is 36.7 Å². The van der Waals surface area contributed by atoms with E-state index in [1.165, 1.54) is 37.8 Å². The van der Waals surface area contributed by atoms with Crippen molar-refractivity contribution in [3.8, 4) is 5.88 Å². The maximum atomic E-state index is 12.9. The second kappa shape index (κ2) is 7.90. The van der Waals surface area contributed by atoms with Crippen molar-refractivity contribution in [2.24, 2.45) is 0 Å². The zero-order valence-corrected chi connectivity index (χ0v) is 13.2. The lowest BCUT2D eigenvalue weighted by Gasteiger charge is -2.21. The molecule has 0 atom stereocenters. The molecule has 23 heavy (non-hydrogen) atoms. The third kappa shape index (κ3) is 4.65. The molecule has 0 N–H and O–H groups in total. The van der Waals surface area contributed by atoms with Crippen LogP contribution in [0.3, 0.4) is 0 Å². The highest BCUT2D eigenvalue weighted by molar-refractivity contribution is 5.40. The average molecular weight is 315 g/mol. The minimum absolute atomic E-state index is 0.215. The van der Waals surface area contributed by atoms with Gasteiger partial charge in [0.1, 0.15) is 18.0 Å². The van der Waals surface area contributed by atoms with Crippen LogP contribution in [0.5, 0.6) is 5.88 Å². The Morgan fingerprint density at radius 1 is 1.00 bits per heavy atom. The van der Waals surface area contributed by atoms with Crippen molar-refractivity contribution in [3.63, 3.8) is 0 Å². The van der Waals surface area contributed by atoms with Crippen molar-refractivity contribution >= 4 is 5.82 Å². The molecule has 2 aromatic rings. The van der Waals surface area contributed by atoms with Gasteiger partial charge < -0.3 is 9.64 Å². The first-order valence-electron chi connectivity index (χ1n) is 8.25. The molecule has 0 saturated carbocycles. The maximum absolute atomic E-state index is 12.9. The van der Waals surface area contributed by atoms with E-state index in [9.17, 15) is 4.39 Å². The Morgan fingerprint density at radius 3 is 2.48 bits per heavy atom. The minimum Gasteiger partial charge on any atom is -0.477 e. The predicted molar refractivity (Wildman–Crippen MR) is 88.3 cm³/mol. The van der Waals surface area contributed by atoms with Crippen molar-refractivity contribution in [1.29, 1.82) is 0 Å². The Hall–Kier alpha value is -2.17. The first-order chi connectivity index (χ1) is 11.3. The summed E-state index contributed by atoms with van der Waals surface area (Å²) in [5.41, 5.74) is 1.05. The van der Waals surface area contributed by atoms with E-state index < -0.39 is 0 Å². The quantitative estimate of drug-likeness (QED) is 0.845. The van der Waals surface area contributed by atoms with Gasteiger partial charge in [-0.15, -0.1) is 0 Å². The summed E-state index contributed by atoms with van der Waals surface area (Å²) in [4.78, 5) is 10.9. The highest BCUT2D eigenvalue weighted by atomic mass is 19.1. The summed E-state index contributed by atoms with van der Waals surface area (Å²) in [5, 5.41) is 0. The first-order valence-corrected chi connectivity index (χ1v) is 8.25. The molecular formula is C18H22FN3O. The SMILES string of the molecule is Fc1ccc(CCOc2cc(N3CCCCCC3)ncn2)cc1. The number of anilines is 1. The van der Waals surface area contributed by atoms with Crippen LogP contribution < -0.4 is 9.64 Å². The van der Waals surface area contributed by atoms with E-state index in [0.717, 1.165) is 30.9 Å². The molecule has 1 aromatic heterocycles. The molecule has 1 aliphatic heterocycles. The predicted octanol–water partition coefficient (Wildman–Crippen LogP) is 3.62. The third-order valence-electron chi connectivity index (χ3n) is 4.11. The molecule has 1 saturated heterocycles. The van der Waals surface area contributed by atoms with Gasteiger partial charge in [0.05, 0.1) is 6.61 Å². The van der Waals surface area contributed by atoms with Crippen LogP contribution in [-0.4, -0.2) is 29.7 Å². The highest BCUT2D eigenvalue weighted by Crippen LogP contribution is 2.20. The van der Waals surface area contributed by atoms with E-state index in [1.54, 1.807) is 18.5 Å². The van der Waals surface area contributed by atoms with E-state index in [-0.39, 0.29) is 5.82 Å². The standard InChI is InChI=1S/C18H22FN3O/c19-16-7-5-15(6-8-16)9-12-23-18-13-17(20-14-21-18)22-10-3-1-2-4-11-22/h5-8,13-14H,1-4,9-12H2. The fourth-order valence-electron chi connectivity index (χ4n) is 2.81. The van der Waals surface area contributed by atoms with Gasteiger partial charge in [-0.2, -0.15) is 0 Å². The topological polar surface area (TPSA) is 38.2 Å². The van der Waals surface area contributed by atoms with Gasteiger partial charge in [-0.25, -0.2) is 14.4 Å². The normalized spacial score (nSPS) is 15.3. The van der Waals surface area contributed by atoms with Crippen LogP contribution in [0.25, 0.3) is 0 Å². The lowest BCUT2D eigenvalue weighted by Crippen LogP contribution is -2.25. The lowest BCUT2D eigenvalue weighted by molar-refractivity contribution is 0.309. The van der Waals surface area contributed by atoms with Crippen molar-refractivity contribution in [1.82, 2.24) is 9.97 Å². The average Bonchev–Trinajstić information content (AvgIpc) is 2.86. The van der Waals surface area contributed by atoms with E-state index in [4.69, 9.17) is 4.74 Å². The Bertz CT molecular complexity index is 610. The van der Waals surface area contributed by atoms with E-state index in [2.05, 4.69) is 14.9 Å². The summed E-state index contributed by atoms with van der Waals surface area (Å²) < 4.78 is 18.6. The largest absolute Gasteiger partial charge is 0.477 e. The van der Waals surface area contributed by atoms with Gasteiger partial charge in [-0.05, 0) is 30.5 Å². The second-order valence-corrected chi connectivity index (χ2v) is 5.84. The molecule has 0 aliphatic carbocycles. The van der Waals surface area contributed by atoms with Gasteiger partial charge in [-0.3, -0.25) is 0 Å². The molecule has 0 unspecified atom stereocenters. The zero-order chi connectivity index (χ0) is 15.9. The fourth-order valence-corrected chi connectivity index (χ4v) is 2.81. The van der Waals surface area contributed by atoms with Gasteiger partial charge in [0.15, 0.2) is 0 Å². The molecule has 3 rings (SSSR count). The number of nitrogens with zero attached hydrogens (tertiary/aromatic N) is 3. The lowest BCUT2D eigenvalue weighted by atomic mass is 10.2. The number of aromatic nitrogens is 2. The molecule has 122 valence electrons. The Labute approximate surface area is 136 Å². The summed E-state index contributed by atoms with van der Waals surface area (Å²) >= 11 is 0. The Kier molecular flexibility index (Phi) is 5.40. The van der Waals surface area contributed by atoms with E-state index in [0.29, 0.717) is 12.5 Å². The number of hydrogen-bond donors (Lipinski definition) is 0. The van der Waals surface area contributed by atoms with Gasteiger partial charge in [0.25, 0.3) is 0 Å². The van der Waals surface area contributed by atoms with E-state index >= 15 is 0 Å². The molecular weight excluding hydrogens is 293 g/mol. The molecule has 0 spiro atoms. The van der Waals surface area contributed by atoms with Crippen LogP contribution in [-0.2, 0) is 6.42 Å². The molecule has 0 amide bonds. The number of halogens is 1. The van der Waals surface area contributed by atoms with Gasteiger partial charge in [0.2, 0.25) is 5.88 Å². The molecule has 0 bridgehead atoms. The van der Waals surface area contributed by atoms with Gasteiger partial charge in [0, 0.05) is 25.6 Å². The minimum atomic E-state index is -0.215. The summed E-state index contributed by atoms with van der Waals surface area (Å²) in [7, 11) is 0. The number of rotatable bonds is 5. The summed E-state index contributed by atoms with van der Waals surface area (Å²) in [6.07, 6.45) is 7.30. The summed E-state index contributed by atoms with van der Waals surface area (Å²) in [6, 6.07) is 8.41. The van der Waals surface area contributed by atoms with Crippen LogP contribution in [0.4, 0.5) is 10.2 Å². The Balaban J connectivity index is 1.55. The molecule has 4 nitrogen and oxygen atoms in total. The van der Waals surface area contributed by atoms with Crippen molar-refractivity contribution in [2.75, 3.05) is 24.6 Å². The fraction of sp³-hybridized carbons (Fsp3) is 0.444. The first kappa shape index (κ1) is 15.7. The monoisotopic (exact) mass is 315 g/mol. The number of ether oxygens (including phenoxy) is 1. The van der Waals surface area contributed by atoms with Crippen molar-refractivity contribution in [2.45, 2.75) is 32.1 Å². The molecule has 2 heterocycles. The van der Waals surface area contributed by atoms with Crippen molar-refractivity contribution in [3.05, 3.63) is 48.0 Å². The van der Waals surface area contributed by atoms with Crippen LogP contribution in [0.2, 0.25) is 0 Å². The third-order valence-corrected chi connectivity index (χ3v) is 4.11. The molecule has 5 heteroatoms. The molecule has 0 radical (unpaired) electrons. The van der Waals surface area contributed by atoms with E-state index in [1.807, 2.05) is 6.07 Å². The second-order valence-electron chi connectivity index (χ2n) is 5.84. The highest BCUT2D eigenvalue weighted by Gasteiger charge is 2.12. The van der Waals surface area contributed by atoms with Crippen LogP contribution in [0, 0.1) is 5.82 Å². The smallest absolute Gasteiger partial charge is 0.218 e. The van der Waals surface area contributed by atoms with Gasteiger partial charge >= 0.3 is 0 Å². The zero-order valence-electron chi connectivity index (χ0n) is 13.2. The summed E-state index contributed by atoms with van der Waals surface area (Å²) in [6.45, 7) is 2.61. The molecule has 1 aliphatic rings. The number of benzene rings is 1. The molecule has 1 fully saturated rings. The Morgan fingerprint density at radius 2 is 1.74 bits per heavy atom. The van der Waals surface area contributed by atoms with Crippen molar-refractivity contribution < 1.29 is 9.13 Å². The maximum Gasteiger partial charge on any atom is 0.218 e. The molecule has 1 aromatic carbocycles. The van der Waals surface area contributed by atoms with Crippen LogP contribution >= 0.6 is 0 Å².